The fraction of sp³-hybridized carbons (Fsp3) is 0.500. The van der Waals surface area contributed by atoms with E-state index in [4.69, 9.17) is 0 Å². The molecule has 15 heavy (non-hydrogen) atoms. The molecule has 0 spiro atoms. The Bertz CT molecular complexity index is 374. The molecule has 80 valence electrons. The van der Waals surface area contributed by atoms with E-state index in [1.165, 1.54) is 0 Å². The Kier molecular flexibility index (Phi) is 2.80. The first kappa shape index (κ1) is 9.89. The lowest BCUT2D eigenvalue weighted by molar-refractivity contribution is 0.533. The van der Waals surface area contributed by atoms with Gasteiger partial charge in [0.05, 0.1) is 18.8 Å². The molecule has 1 aliphatic heterocycles. The van der Waals surface area contributed by atoms with Crippen molar-refractivity contribution in [3.63, 3.8) is 0 Å². The van der Waals surface area contributed by atoms with Crippen LogP contribution in [0, 0.1) is 6.92 Å². The first-order valence-electron chi connectivity index (χ1n) is 5.04. The minimum Gasteiger partial charge on any atom is -0.351 e. The number of guanidine groups is 1. The van der Waals surface area contributed by atoms with Crippen molar-refractivity contribution in [2.75, 3.05) is 20.1 Å². The number of hydrogen-bond acceptors (Lipinski definition) is 5. The van der Waals surface area contributed by atoms with Crippen LogP contribution in [0.25, 0.3) is 0 Å². The van der Waals surface area contributed by atoms with Gasteiger partial charge in [-0.3, -0.25) is 4.99 Å². The molecule has 1 aliphatic rings. The van der Waals surface area contributed by atoms with Crippen molar-refractivity contribution in [3.05, 3.63) is 23.8 Å². The topological polar surface area (TPSA) is 53.4 Å². The second kappa shape index (κ2) is 4.25. The number of hydrogen-bond donors (Lipinski definition) is 1. The van der Waals surface area contributed by atoms with Crippen molar-refractivity contribution in [2.45, 2.75) is 13.5 Å². The zero-order valence-electron chi connectivity index (χ0n) is 9.06. The van der Waals surface area contributed by atoms with Crippen LogP contribution in [0.4, 0.5) is 0 Å². The van der Waals surface area contributed by atoms with Gasteiger partial charge in [0, 0.05) is 19.8 Å². The Hall–Kier alpha value is -1.65. The summed E-state index contributed by atoms with van der Waals surface area (Å²) in [5, 5.41) is 3.26. The van der Waals surface area contributed by atoms with Crippen molar-refractivity contribution in [3.8, 4) is 0 Å². The highest BCUT2D eigenvalue weighted by Crippen LogP contribution is 1.98. The highest BCUT2D eigenvalue weighted by molar-refractivity contribution is 5.81. The van der Waals surface area contributed by atoms with Gasteiger partial charge >= 0.3 is 0 Å². The van der Waals surface area contributed by atoms with Crippen molar-refractivity contribution >= 4 is 5.96 Å². The van der Waals surface area contributed by atoms with E-state index in [2.05, 4.69) is 25.2 Å². The molecule has 0 aromatic carbocycles. The first-order valence-corrected chi connectivity index (χ1v) is 5.04. The largest absolute Gasteiger partial charge is 0.351 e. The number of aliphatic imine (C=N–C) groups is 1. The lowest BCUT2D eigenvalue weighted by Gasteiger charge is -2.14. The number of rotatable bonds is 2. The monoisotopic (exact) mass is 205 g/mol. The molecule has 5 nitrogen and oxygen atoms in total. The summed E-state index contributed by atoms with van der Waals surface area (Å²) in [4.78, 5) is 14.8. The van der Waals surface area contributed by atoms with Crippen molar-refractivity contribution in [1.29, 1.82) is 0 Å². The Morgan fingerprint density at radius 3 is 3.07 bits per heavy atom. The quantitative estimate of drug-likeness (QED) is 0.748. The lowest BCUT2D eigenvalue weighted by atomic mass is 10.4. The molecule has 0 bridgehead atoms. The molecule has 1 aromatic heterocycles. The van der Waals surface area contributed by atoms with Gasteiger partial charge in [0.1, 0.15) is 5.82 Å². The van der Waals surface area contributed by atoms with E-state index in [0.717, 1.165) is 30.6 Å². The molecule has 0 unspecified atom stereocenters. The van der Waals surface area contributed by atoms with Crippen LogP contribution in [0.2, 0.25) is 0 Å². The Labute approximate surface area is 89.3 Å². The first-order chi connectivity index (χ1) is 7.25. The highest BCUT2D eigenvalue weighted by atomic mass is 15.3. The Morgan fingerprint density at radius 1 is 1.53 bits per heavy atom. The predicted octanol–water partition coefficient (Wildman–Crippen LogP) is 0.176. The second-order valence-electron chi connectivity index (χ2n) is 3.58. The van der Waals surface area contributed by atoms with Gasteiger partial charge in [0.15, 0.2) is 5.96 Å². The van der Waals surface area contributed by atoms with E-state index in [0.29, 0.717) is 6.54 Å². The summed E-state index contributed by atoms with van der Waals surface area (Å²) in [5.74, 6) is 1.75. The van der Waals surface area contributed by atoms with Crippen molar-refractivity contribution in [2.24, 2.45) is 4.99 Å². The molecule has 0 saturated carbocycles. The number of nitrogens with one attached hydrogen (secondary N) is 1. The van der Waals surface area contributed by atoms with Gasteiger partial charge in [-0.1, -0.05) is 0 Å². The van der Waals surface area contributed by atoms with Gasteiger partial charge in [-0.05, 0) is 13.0 Å². The zero-order chi connectivity index (χ0) is 10.7. The van der Waals surface area contributed by atoms with Crippen LogP contribution in [0.1, 0.15) is 11.5 Å². The van der Waals surface area contributed by atoms with E-state index in [1.807, 2.05) is 20.0 Å². The molecular formula is C10H15N5. The third-order valence-corrected chi connectivity index (χ3v) is 2.32. The summed E-state index contributed by atoms with van der Waals surface area (Å²) in [7, 11) is 2.03. The highest BCUT2D eigenvalue weighted by Gasteiger charge is 2.11. The van der Waals surface area contributed by atoms with E-state index in [-0.39, 0.29) is 0 Å². The number of aryl methyl sites for hydroxylation is 1. The van der Waals surface area contributed by atoms with Gasteiger partial charge in [-0.2, -0.15) is 0 Å². The summed E-state index contributed by atoms with van der Waals surface area (Å²) < 4.78 is 0. The second-order valence-corrected chi connectivity index (χ2v) is 3.58. The number of aromatic nitrogens is 2. The SMILES string of the molecule is Cc1nccc(CNC2=NCCN2C)n1. The van der Waals surface area contributed by atoms with Gasteiger partial charge in [-0.15, -0.1) is 0 Å². The van der Waals surface area contributed by atoms with E-state index in [9.17, 15) is 0 Å². The zero-order valence-corrected chi connectivity index (χ0v) is 9.06. The van der Waals surface area contributed by atoms with E-state index < -0.39 is 0 Å². The van der Waals surface area contributed by atoms with E-state index >= 15 is 0 Å². The number of nitrogens with zero attached hydrogens (tertiary/aromatic N) is 4. The van der Waals surface area contributed by atoms with Crippen molar-refractivity contribution in [1.82, 2.24) is 20.2 Å². The van der Waals surface area contributed by atoms with E-state index in [1.54, 1.807) is 6.20 Å². The molecule has 0 amide bonds. The molecule has 0 fully saturated rings. The van der Waals surface area contributed by atoms with Crippen LogP contribution in [-0.2, 0) is 6.54 Å². The fourth-order valence-corrected chi connectivity index (χ4v) is 1.50. The maximum Gasteiger partial charge on any atom is 0.194 e. The van der Waals surface area contributed by atoms with Crippen LogP contribution in [0.15, 0.2) is 17.3 Å². The molecule has 1 N–H and O–H groups in total. The fourth-order valence-electron chi connectivity index (χ4n) is 1.50. The van der Waals surface area contributed by atoms with Crippen LogP contribution in [0.5, 0.6) is 0 Å². The molecular weight excluding hydrogens is 190 g/mol. The van der Waals surface area contributed by atoms with Crippen LogP contribution in [0.3, 0.4) is 0 Å². The normalized spacial score (nSPS) is 15.3. The summed E-state index contributed by atoms with van der Waals surface area (Å²) in [6.07, 6.45) is 1.78. The third-order valence-electron chi connectivity index (χ3n) is 2.32. The molecule has 2 heterocycles. The van der Waals surface area contributed by atoms with Gasteiger partial charge in [0.25, 0.3) is 0 Å². The summed E-state index contributed by atoms with van der Waals surface area (Å²) in [5.41, 5.74) is 0.991. The molecule has 0 atom stereocenters. The van der Waals surface area contributed by atoms with Crippen LogP contribution < -0.4 is 5.32 Å². The molecule has 0 saturated heterocycles. The Balaban J connectivity index is 1.93. The lowest BCUT2D eigenvalue weighted by Crippen LogP contribution is -2.35. The maximum absolute atomic E-state index is 4.34. The average molecular weight is 205 g/mol. The number of likely N-dealkylation sites (N-methyl/N-ethyl adjacent to an activating group) is 1. The minimum atomic E-state index is 0.701. The average Bonchev–Trinajstić information content (AvgIpc) is 2.61. The minimum absolute atomic E-state index is 0.701. The molecule has 2 rings (SSSR count). The Morgan fingerprint density at radius 2 is 2.40 bits per heavy atom. The summed E-state index contributed by atoms with van der Waals surface area (Å²) in [6.45, 7) is 4.46. The third kappa shape index (κ3) is 2.43. The molecule has 5 heteroatoms. The maximum atomic E-state index is 4.34. The van der Waals surface area contributed by atoms with Gasteiger partial charge in [-0.25, -0.2) is 9.97 Å². The van der Waals surface area contributed by atoms with Crippen LogP contribution >= 0.6 is 0 Å². The molecule has 0 aliphatic carbocycles. The summed E-state index contributed by atoms with van der Waals surface area (Å²) in [6, 6.07) is 1.91. The van der Waals surface area contributed by atoms with Crippen LogP contribution in [-0.4, -0.2) is 41.0 Å². The van der Waals surface area contributed by atoms with Gasteiger partial charge < -0.3 is 10.2 Å². The molecule has 1 aromatic rings. The molecule has 0 radical (unpaired) electrons. The van der Waals surface area contributed by atoms with Gasteiger partial charge in [0.2, 0.25) is 0 Å². The summed E-state index contributed by atoms with van der Waals surface area (Å²) >= 11 is 0. The smallest absolute Gasteiger partial charge is 0.194 e. The van der Waals surface area contributed by atoms with Crippen molar-refractivity contribution < 1.29 is 0 Å². The standard InChI is InChI=1S/C10H15N5/c1-8-11-4-3-9(14-8)7-13-10-12-5-6-15(10)2/h3-4H,5-7H2,1-2H3,(H,12,13). The predicted molar refractivity (Wildman–Crippen MR) is 58.5 cm³/mol.